The number of ether oxygens (including phenoxy) is 2. The lowest BCUT2D eigenvalue weighted by Gasteiger charge is -2.27. The average Bonchev–Trinajstić information content (AvgIpc) is 2.69. The largest absolute Gasteiger partial charge is 0.493 e. The summed E-state index contributed by atoms with van der Waals surface area (Å²) in [5.41, 5.74) is 13.2. The van der Waals surface area contributed by atoms with Gasteiger partial charge in [-0.1, -0.05) is 11.6 Å². The molecule has 1 aromatic heterocycles. The van der Waals surface area contributed by atoms with E-state index in [0.717, 1.165) is 0 Å². The Kier molecular flexibility index (Phi) is 5.48. The highest BCUT2D eigenvalue weighted by molar-refractivity contribution is 6.31. The molecule has 1 unspecified atom stereocenters. The van der Waals surface area contributed by atoms with Gasteiger partial charge in [0.05, 0.1) is 24.4 Å². The fourth-order valence-corrected chi connectivity index (χ4v) is 3.25. The van der Waals surface area contributed by atoms with E-state index >= 15 is 0 Å². The first-order valence-electron chi connectivity index (χ1n) is 8.44. The Bertz CT molecular complexity index is 1090. The number of methoxy groups -OCH3 is 1. The zero-order valence-electron chi connectivity index (χ0n) is 15.6. The molecule has 0 saturated carbocycles. The molecule has 1 aliphatic rings. The molecule has 0 fully saturated rings. The van der Waals surface area contributed by atoms with Crippen molar-refractivity contribution in [3.63, 3.8) is 0 Å². The molecule has 148 valence electrons. The minimum absolute atomic E-state index is 0.0379. The van der Waals surface area contributed by atoms with Crippen molar-refractivity contribution in [2.45, 2.75) is 13.0 Å². The highest BCUT2D eigenvalue weighted by atomic mass is 35.5. The van der Waals surface area contributed by atoms with Crippen LogP contribution in [0.5, 0.6) is 11.5 Å². The highest BCUT2D eigenvalue weighted by Crippen LogP contribution is 2.45. The number of hydrogen-bond acceptors (Lipinski definition) is 10. The molecule has 1 aromatic carbocycles. The number of fused-ring (bicyclic) bond motifs is 1. The summed E-state index contributed by atoms with van der Waals surface area (Å²) in [6.07, 6.45) is 1.79. The Morgan fingerprint density at radius 2 is 2.07 bits per heavy atom. The second kappa shape index (κ2) is 8.00. The van der Waals surface area contributed by atoms with Gasteiger partial charge in [-0.25, -0.2) is 9.98 Å². The molecule has 6 N–H and O–H groups in total. The number of nitrogen functional groups attached to an aromatic ring is 2. The molecular weight excluding hydrogens is 396 g/mol. The summed E-state index contributed by atoms with van der Waals surface area (Å²) in [6.45, 7) is 2.24. The van der Waals surface area contributed by atoms with Gasteiger partial charge >= 0.3 is 0 Å². The van der Waals surface area contributed by atoms with Crippen LogP contribution in [0, 0.1) is 22.8 Å². The summed E-state index contributed by atoms with van der Waals surface area (Å²) in [7, 11) is 1.50. The van der Waals surface area contributed by atoms with Crippen molar-refractivity contribution in [1.29, 1.82) is 10.5 Å². The molecule has 10 nitrogen and oxygen atoms in total. The molecule has 0 saturated heterocycles. The van der Waals surface area contributed by atoms with Crippen LogP contribution in [0.25, 0.3) is 0 Å². The van der Waals surface area contributed by atoms with E-state index in [1.165, 1.54) is 7.11 Å². The summed E-state index contributed by atoms with van der Waals surface area (Å²) in [6, 6.07) is 4.45. The maximum atomic E-state index is 9.41. The van der Waals surface area contributed by atoms with E-state index in [-0.39, 0.29) is 28.8 Å². The van der Waals surface area contributed by atoms with Crippen LogP contribution in [0.4, 0.5) is 17.3 Å². The Labute approximate surface area is 171 Å². The summed E-state index contributed by atoms with van der Waals surface area (Å²) < 4.78 is 11.0. The van der Waals surface area contributed by atoms with Crippen LogP contribution in [0.3, 0.4) is 0 Å². The zero-order valence-corrected chi connectivity index (χ0v) is 16.3. The molecule has 0 aliphatic carbocycles. The second-order valence-corrected chi connectivity index (χ2v) is 6.27. The monoisotopic (exact) mass is 412 g/mol. The third kappa shape index (κ3) is 3.49. The van der Waals surface area contributed by atoms with Crippen molar-refractivity contribution in [3.05, 3.63) is 33.8 Å². The van der Waals surface area contributed by atoms with E-state index in [0.29, 0.717) is 34.3 Å². The number of rotatable bonds is 4. The number of benzene rings is 1. The molecule has 2 heterocycles. The van der Waals surface area contributed by atoms with Gasteiger partial charge in [0.1, 0.15) is 29.3 Å². The van der Waals surface area contributed by atoms with E-state index in [1.54, 1.807) is 18.3 Å². The number of anilines is 3. The van der Waals surface area contributed by atoms with Crippen LogP contribution in [0.15, 0.2) is 17.1 Å². The average molecular weight is 413 g/mol. The Morgan fingerprint density at radius 3 is 2.69 bits per heavy atom. The first kappa shape index (κ1) is 19.9. The van der Waals surface area contributed by atoms with Gasteiger partial charge in [0.15, 0.2) is 17.7 Å². The van der Waals surface area contributed by atoms with Crippen LogP contribution >= 0.6 is 11.6 Å². The molecule has 3 rings (SSSR count). The van der Waals surface area contributed by atoms with E-state index in [1.807, 2.05) is 13.0 Å². The quantitative estimate of drug-likeness (QED) is 0.434. The number of pyridine rings is 1. The number of nitriles is 2. The van der Waals surface area contributed by atoms with Crippen molar-refractivity contribution in [1.82, 2.24) is 10.3 Å². The third-order valence-corrected chi connectivity index (χ3v) is 4.56. The Hall–Kier alpha value is -3.89. The standard InChI is InChI=1S/C18H17ClN8O2/c1-3-29-12-4-8(10(19)5-11(12)28-2)15-13-14(22)9(6-20)16(23)26-17(13)27-18(25-15)24-7-21/h4-5,15H,3H2,1-2H3,(H6,22,23,24,25,26,27). The molecule has 29 heavy (non-hydrogen) atoms. The number of aliphatic imine (C=N–C) groups is 1. The number of hydrogen-bond donors (Lipinski definition) is 4. The van der Waals surface area contributed by atoms with Crippen molar-refractivity contribution in [2.75, 3.05) is 30.5 Å². The van der Waals surface area contributed by atoms with Crippen LogP contribution in [0.1, 0.15) is 29.7 Å². The summed E-state index contributed by atoms with van der Waals surface area (Å²) in [4.78, 5) is 8.70. The third-order valence-electron chi connectivity index (χ3n) is 4.23. The lowest BCUT2D eigenvalue weighted by Crippen LogP contribution is -2.32. The topological polar surface area (TPSA) is 167 Å². The lowest BCUT2D eigenvalue weighted by atomic mass is 9.94. The SMILES string of the molecule is CCOc1cc(C2N=C(NC#N)Nc3nc(N)c(C#N)c(N)c32)c(Cl)cc1OC. The number of nitrogens with two attached hydrogens (primary N) is 2. The number of nitrogens with one attached hydrogen (secondary N) is 2. The predicted octanol–water partition coefficient (Wildman–Crippen LogP) is 2.12. The normalized spacial score (nSPS) is 14.5. The molecule has 0 spiro atoms. The van der Waals surface area contributed by atoms with Gasteiger partial charge < -0.3 is 26.3 Å². The molecule has 0 radical (unpaired) electrons. The number of halogens is 1. The minimum atomic E-state index is -0.778. The second-order valence-electron chi connectivity index (χ2n) is 5.86. The first-order valence-corrected chi connectivity index (χ1v) is 8.81. The highest BCUT2D eigenvalue weighted by Gasteiger charge is 2.31. The van der Waals surface area contributed by atoms with Gasteiger partial charge in [-0.05, 0) is 13.0 Å². The maximum Gasteiger partial charge on any atom is 0.211 e. The van der Waals surface area contributed by atoms with Crippen LogP contribution in [-0.2, 0) is 0 Å². The van der Waals surface area contributed by atoms with Gasteiger partial charge in [0, 0.05) is 17.2 Å². The molecular formula is C18H17ClN8O2. The fraction of sp³-hybridized carbons (Fsp3) is 0.222. The van der Waals surface area contributed by atoms with Crippen LogP contribution < -0.4 is 31.6 Å². The molecule has 0 amide bonds. The Morgan fingerprint density at radius 1 is 1.31 bits per heavy atom. The number of aromatic nitrogens is 1. The molecule has 11 heteroatoms. The smallest absolute Gasteiger partial charge is 0.211 e. The van der Waals surface area contributed by atoms with Crippen molar-refractivity contribution in [2.24, 2.45) is 4.99 Å². The van der Waals surface area contributed by atoms with Gasteiger partial charge in [-0.15, -0.1) is 0 Å². The van der Waals surface area contributed by atoms with Crippen molar-refractivity contribution >= 4 is 34.9 Å². The fourth-order valence-electron chi connectivity index (χ4n) is 2.99. The first-order chi connectivity index (χ1) is 13.9. The van der Waals surface area contributed by atoms with Gasteiger partial charge in [0.25, 0.3) is 0 Å². The zero-order chi connectivity index (χ0) is 21.1. The van der Waals surface area contributed by atoms with E-state index < -0.39 is 6.04 Å². The van der Waals surface area contributed by atoms with Gasteiger partial charge in [0.2, 0.25) is 5.96 Å². The molecule has 1 atom stereocenters. The van der Waals surface area contributed by atoms with Gasteiger partial charge in [-0.3, -0.25) is 5.32 Å². The lowest BCUT2D eigenvalue weighted by molar-refractivity contribution is 0.310. The van der Waals surface area contributed by atoms with Crippen molar-refractivity contribution in [3.8, 4) is 23.8 Å². The molecule has 0 bridgehead atoms. The van der Waals surface area contributed by atoms with Crippen LogP contribution in [0.2, 0.25) is 5.02 Å². The van der Waals surface area contributed by atoms with Gasteiger partial charge in [-0.2, -0.15) is 10.5 Å². The Balaban J connectivity index is 2.28. The predicted molar refractivity (Wildman–Crippen MR) is 109 cm³/mol. The van der Waals surface area contributed by atoms with E-state index in [9.17, 15) is 5.26 Å². The molecule has 1 aliphatic heterocycles. The number of nitrogens with zero attached hydrogens (tertiary/aromatic N) is 4. The maximum absolute atomic E-state index is 9.41. The van der Waals surface area contributed by atoms with E-state index in [2.05, 4.69) is 20.6 Å². The number of guanidine groups is 1. The van der Waals surface area contributed by atoms with Crippen molar-refractivity contribution < 1.29 is 9.47 Å². The van der Waals surface area contributed by atoms with E-state index in [4.69, 9.17) is 37.8 Å². The summed E-state index contributed by atoms with van der Waals surface area (Å²) >= 11 is 6.50. The van der Waals surface area contributed by atoms with Crippen LogP contribution in [-0.4, -0.2) is 24.7 Å². The molecule has 2 aromatic rings. The minimum Gasteiger partial charge on any atom is -0.493 e. The summed E-state index contributed by atoms with van der Waals surface area (Å²) in [5.74, 6) is 1.27. The summed E-state index contributed by atoms with van der Waals surface area (Å²) in [5, 5.41) is 24.0.